The summed E-state index contributed by atoms with van der Waals surface area (Å²) in [5.41, 5.74) is 12.8. The molecule has 0 aliphatic rings. The van der Waals surface area contributed by atoms with Crippen molar-refractivity contribution in [2.75, 3.05) is 11.5 Å². The summed E-state index contributed by atoms with van der Waals surface area (Å²) in [5, 5.41) is 30.2. The zero-order valence-corrected chi connectivity index (χ0v) is 9.56. The zero-order chi connectivity index (χ0) is 14.0. The number of hydrogen-bond acceptors (Lipinski definition) is 6. The molecule has 0 atom stereocenters. The molecule has 2 radical (unpaired) electrons. The molecule has 0 heterocycles. The Balaban J connectivity index is 0.000000414. The van der Waals surface area contributed by atoms with Gasteiger partial charge in [-0.05, 0) is 11.5 Å². The van der Waals surface area contributed by atoms with E-state index in [4.69, 9.17) is 31.6 Å². The molecule has 0 spiro atoms. The molecule has 0 aliphatic carbocycles. The predicted octanol–water partition coefficient (Wildman–Crippen LogP) is -0.985. The van der Waals surface area contributed by atoms with E-state index in [0.717, 1.165) is 10.8 Å². The highest BCUT2D eigenvalue weighted by Crippen LogP contribution is 2.25. The van der Waals surface area contributed by atoms with Crippen molar-refractivity contribution in [1.29, 1.82) is 0 Å². The monoisotopic (exact) mass is 248 g/mol. The van der Waals surface area contributed by atoms with Crippen LogP contribution in [0.5, 0.6) is 0 Å². The lowest BCUT2D eigenvalue weighted by Crippen LogP contribution is -1.94. The third-order valence-corrected chi connectivity index (χ3v) is 2.00. The number of fused-ring (bicyclic) bond motifs is 1. The van der Waals surface area contributed by atoms with Crippen molar-refractivity contribution in [3.05, 3.63) is 36.4 Å². The molecule has 8 heteroatoms. The first-order chi connectivity index (χ1) is 8.62. The maximum absolute atomic E-state index is 7.00. The van der Waals surface area contributed by atoms with Crippen molar-refractivity contribution in [1.82, 2.24) is 0 Å². The summed E-state index contributed by atoms with van der Waals surface area (Å²) in [6.45, 7) is 0. The van der Waals surface area contributed by atoms with E-state index in [9.17, 15) is 0 Å². The first-order valence-electron chi connectivity index (χ1n) is 4.85. The van der Waals surface area contributed by atoms with E-state index in [0.29, 0.717) is 11.4 Å². The van der Waals surface area contributed by atoms with Crippen molar-refractivity contribution in [2.24, 2.45) is 0 Å². The van der Waals surface area contributed by atoms with E-state index in [1.54, 1.807) is 0 Å². The van der Waals surface area contributed by atoms with Gasteiger partial charge in [-0.15, -0.1) is 0 Å². The number of hydrogen-bond donors (Lipinski definition) is 6. The second kappa shape index (κ2) is 9.32. The Kier molecular flexibility index (Phi) is 8.42. The van der Waals surface area contributed by atoms with Gasteiger partial charge in [0, 0.05) is 5.39 Å². The quantitative estimate of drug-likeness (QED) is 0.262. The van der Waals surface area contributed by atoms with Crippen molar-refractivity contribution in [3.63, 3.8) is 0 Å². The second-order valence-electron chi connectivity index (χ2n) is 3.02. The first kappa shape index (κ1) is 16.3. The highest BCUT2D eigenvalue weighted by Gasteiger charge is 1.98. The number of benzene rings is 2. The third kappa shape index (κ3) is 5.07. The van der Waals surface area contributed by atoms with Crippen molar-refractivity contribution in [2.45, 2.75) is 0 Å². The average molecular weight is 248 g/mol. The SMILES string of the molecule is Nc1ccc2ccccc2c1N.O[B]O.O[B]O. The Morgan fingerprint density at radius 2 is 1.28 bits per heavy atom. The summed E-state index contributed by atoms with van der Waals surface area (Å²) < 4.78 is 0. The molecule has 0 saturated carbocycles. The number of anilines is 2. The standard InChI is InChI=1S/C10H10N2.2BH2O2/c11-9-6-5-7-3-1-2-4-8(7)10(9)12;2*2-1-3/h1-6H,11-12H2;2*2-3H. The van der Waals surface area contributed by atoms with Crippen molar-refractivity contribution in [3.8, 4) is 0 Å². The van der Waals surface area contributed by atoms with Gasteiger partial charge in [0.1, 0.15) is 0 Å². The van der Waals surface area contributed by atoms with Crippen molar-refractivity contribution < 1.29 is 20.1 Å². The van der Waals surface area contributed by atoms with Gasteiger partial charge in [0.2, 0.25) is 0 Å². The van der Waals surface area contributed by atoms with Crippen molar-refractivity contribution >= 4 is 37.5 Å². The van der Waals surface area contributed by atoms with E-state index in [1.165, 1.54) is 0 Å². The van der Waals surface area contributed by atoms with E-state index in [2.05, 4.69) is 0 Å². The number of nitrogens with two attached hydrogens (primary N) is 2. The van der Waals surface area contributed by atoms with Crippen LogP contribution in [0.3, 0.4) is 0 Å². The van der Waals surface area contributed by atoms with Gasteiger partial charge in [0.25, 0.3) is 0 Å². The van der Waals surface area contributed by atoms with Crippen LogP contribution in [-0.2, 0) is 0 Å². The highest BCUT2D eigenvalue weighted by atomic mass is 16.4. The molecular weight excluding hydrogens is 234 g/mol. The lowest BCUT2D eigenvalue weighted by Gasteiger charge is -2.03. The lowest BCUT2D eigenvalue weighted by atomic mass is 10.1. The fourth-order valence-corrected chi connectivity index (χ4v) is 1.31. The molecular formula is C10H14B2N2O4. The number of rotatable bonds is 0. The Bertz CT molecular complexity index is 469. The molecule has 2 rings (SSSR count). The molecule has 0 fully saturated rings. The number of nitrogen functional groups attached to an aromatic ring is 2. The largest absolute Gasteiger partial charge is 0.482 e. The van der Waals surface area contributed by atoms with Crippen LogP contribution in [0.25, 0.3) is 10.8 Å². The van der Waals surface area contributed by atoms with Gasteiger partial charge in [-0.3, -0.25) is 0 Å². The smallest absolute Gasteiger partial charge is 0.429 e. The van der Waals surface area contributed by atoms with E-state index in [1.807, 2.05) is 36.4 Å². The molecule has 94 valence electrons. The second-order valence-corrected chi connectivity index (χ2v) is 3.02. The van der Waals surface area contributed by atoms with Gasteiger partial charge in [-0.1, -0.05) is 30.3 Å². The summed E-state index contributed by atoms with van der Waals surface area (Å²) in [7, 11) is 0. The molecule has 0 saturated heterocycles. The van der Waals surface area contributed by atoms with Gasteiger partial charge in [0.15, 0.2) is 0 Å². The summed E-state index contributed by atoms with van der Waals surface area (Å²) in [4.78, 5) is 0. The average Bonchev–Trinajstić information content (AvgIpc) is 2.36. The molecule has 8 N–H and O–H groups in total. The van der Waals surface area contributed by atoms with Gasteiger partial charge in [-0.2, -0.15) is 0 Å². The zero-order valence-electron chi connectivity index (χ0n) is 9.56. The first-order valence-corrected chi connectivity index (χ1v) is 4.85. The van der Waals surface area contributed by atoms with Gasteiger partial charge < -0.3 is 31.6 Å². The Morgan fingerprint density at radius 1 is 0.778 bits per heavy atom. The molecule has 0 unspecified atom stereocenters. The van der Waals surface area contributed by atoms with E-state index in [-0.39, 0.29) is 15.4 Å². The molecule has 6 nitrogen and oxygen atoms in total. The minimum Gasteiger partial charge on any atom is -0.429 e. The van der Waals surface area contributed by atoms with Crippen LogP contribution in [-0.4, -0.2) is 35.5 Å². The Hall–Kier alpha value is -1.73. The topological polar surface area (TPSA) is 133 Å². The lowest BCUT2D eigenvalue weighted by molar-refractivity contribution is 0.447. The van der Waals surface area contributed by atoms with Gasteiger partial charge in [-0.25, -0.2) is 0 Å². The summed E-state index contributed by atoms with van der Waals surface area (Å²) in [6.07, 6.45) is 0. The predicted molar refractivity (Wildman–Crippen MR) is 73.2 cm³/mol. The van der Waals surface area contributed by atoms with Crippen LogP contribution in [0.15, 0.2) is 36.4 Å². The Morgan fingerprint density at radius 3 is 1.83 bits per heavy atom. The Labute approximate surface area is 106 Å². The maximum Gasteiger partial charge on any atom is 0.482 e. The van der Waals surface area contributed by atoms with Gasteiger partial charge >= 0.3 is 15.4 Å². The molecule has 0 amide bonds. The third-order valence-electron chi connectivity index (χ3n) is 2.00. The molecule has 0 bridgehead atoms. The molecule has 18 heavy (non-hydrogen) atoms. The minimum atomic E-state index is 0. The minimum absolute atomic E-state index is 0. The van der Waals surface area contributed by atoms with Crippen LogP contribution in [0.2, 0.25) is 0 Å². The van der Waals surface area contributed by atoms with Crippen LogP contribution in [0.4, 0.5) is 11.4 Å². The van der Waals surface area contributed by atoms with Crippen LogP contribution < -0.4 is 11.5 Å². The van der Waals surface area contributed by atoms with Crippen LogP contribution >= 0.6 is 0 Å². The van der Waals surface area contributed by atoms with Gasteiger partial charge in [0.05, 0.1) is 11.4 Å². The molecule has 0 aliphatic heterocycles. The highest BCUT2D eigenvalue weighted by molar-refractivity contribution is 6.13. The fraction of sp³-hybridized carbons (Fsp3) is 0. The fourth-order valence-electron chi connectivity index (χ4n) is 1.31. The molecule has 2 aromatic rings. The van der Waals surface area contributed by atoms with E-state index >= 15 is 0 Å². The summed E-state index contributed by atoms with van der Waals surface area (Å²) in [5.74, 6) is 0. The maximum atomic E-state index is 7.00. The normalized spacial score (nSPS) is 8.44. The molecule has 2 aromatic carbocycles. The summed E-state index contributed by atoms with van der Waals surface area (Å²) >= 11 is 0. The molecule has 0 aromatic heterocycles. The van der Waals surface area contributed by atoms with Crippen LogP contribution in [0, 0.1) is 0 Å². The van der Waals surface area contributed by atoms with E-state index < -0.39 is 0 Å². The van der Waals surface area contributed by atoms with Crippen LogP contribution in [0.1, 0.15) is 0 Å². The summed E-state index contributed by atoms with van der Waals surface area (Å²) in [6, 6.07) is 11.7.